The SMILES string of the molecule is NC(=O)C1=C(O)[C@@]2(O)C(=O)C3=C(O)c4c(O)cccc4C(=C(F)F)[C@H]3CC2CC1=O. The van der Waals surface area contributed by atoms with E-state index in [4.69, 9.17) is 5.73 Å². The average Bonchev–Trinajstić information content (AvgIpc) is 2.64. The fourth-order valence-corrected chi connectivity index (χ4v) is 4.66. The topological polar surface area (TPSA) is 158 Å². The molecule has 6 N–H and O–H groups in total. The first-order valence-corrected chi connectivity index (χ1v) is 8.86. The fraction of sp³-hybridized carbons (Fsp3) is 0.250. The second kappa shape index (κ2) is 6.23. The van der Waals surface area contributed by atoms with E-state index in [1.165, 1.54) is 12.1 Å². The van der Waals surface area contributed by atoms with E-state index in [-0.39, 0.29) is 5.56 Å². The molecule has 3 aliphatic rings. The highest BCUT2D eigenvalue weighted by molar-refractivity contribution is 6.23. The molecule has 0 spiro atoms. The van der Waals surface area contributed by atoms with Gasteiger partial charge in [-0.3, -0.25) is 14.4 Å². The van der Waals surface area contributed by atoms with Crippen LogP contribution in [-0.4, -0.2) is 43.5 Å². The molecule has 1 aromatic rings. The molecule has 0 heterocycles. The smallest absolute Gasteiger partial charge is 0.274 e. The molecule has 0 saturated heterocycles. The molecule has 1 fully saturated rings. The molecule has 8 nitrogen and oxygen atoms in total. The Hall–Kier alpha value is -3.53. The molecule has 30 heavy (non-hydrogen) atoms. The van der Waals surface area contributed by atoms with E-state index >= 15 is 0 Å². The summed E-state index contributed by atoms with van der Waals surface area (Å²) in [5, 5.41) is 42.2. The first-order valence-electron chi connectivity index (χ1n) is 8.86. The largest absolute Gasteiger partial charge is 0.508 e. The summed E-state index contributed by atoms with van der Waals surface area (Å²) in [7, 11) is 0. The lowest BCUT2D eigenvalue weighted by Gasteiger charge is -2.46. The molecule has 0 bridgehead atoms. The van der Waals surface area contributed by atoms with E-state index in [0.717, 1.165) is 6.07 Å². The van der Waals surface area contributed by atoms with Crippen LogP contribution in [0.15, 0.2) is 41.2 Å². The maximum atomic E-state index is 13.9. The van der Waals surface area contributed by atoms with Crippen molar-refractivity contribution in [2.75, 3.05) is 0 Å². The summed E-state index contributed by atoms with van der Waals surface area (Å²) >= 11 is 0. The quantitative estimate of drug-likeness (QED) is 0.431. The summed E-state index contributed by atoms with van der Waals surface area (Å²) in [6, 6.07) is 3.64. The van der Waals surface area contributed by atoms with Crippen molar-refractivity contribution in [2.45, 2.75) is 18.4 Å². The summed E-state index contributed by atoms with van der Waals surface area (Å²) < 4.78 is 27.9. The van der Waals surface area contributed by atoms with Gasteiger partial charge in [0.05, 0.1) is 5.56 Å². The maximum absolute atomic E-state index is 13.9. The van der Waals surface area contributed by atoms with Gasteiger partial charge < -0.3 is 26.2 Å². The van der Waals surface area contributed by atoms with Gasteiger partial charge in [-0.05, 0) is 18.1 Å². The number of aliphatic hydroxyl groups excluding tert-OH is 2. The fourth-order valence-electron chi connectivity index (χ4n) is 4.66. The number of aliphatic hydroxyl groups is 3. The monoisotopic (exact) mass is 419 g/mol. The standard InChI is InChI=1S/C20H15F2NO7/c21-18(22)11-7-2-1-3-9(24)12(7)15(26)13-8(11)4-6-5-10(25)14(19(23)29)17(28)20(6,30)16(13)27/h1-3,6,8,24,26,28,30H,4-5H2,(H2,23,29)/t6?,8-,20+/m1/s1. The van der Waals surface area contributed by atoms with Gasteiger partial charge in [-0.2, -0.15) is 8.78 Å². The number of phenolic OH excluding ortho intramolecular Hbond substituents is 1. The van der Waals surface area contributed by atoms with Crippen LogP contribution in [0.4, 0.5) is 8.78 Å². The van der Waals surface area contributed by atoms with Crippen LogP contribution >= 0.6 is 0 Å². The third-order valence-electron chi connectivity index (χ3n) is 5.98. The van der Waals surface area contributed by atoms with Gasteiger partial charge in [0.1, 0.15) is 22.8 Å². The molecule has 3 aliphatic carbocycles. The molecular formula is C20H15F2NO7. The third kappa shape index (κ3) is 2.31. The number of aromatic hydroxyl groups is 1. The van der Waals surface area contributed by atoms with Crippen molar-refractivity contribution in [1.29, 1.82) is 0 Å². The van der Waals surface area contributed by atoms with Gasteiger partial charge in [-0.1, -0.05) is 12.1 Å². The molecule has 4 rings (SSSR count). The predicted molar refractivity (Wildman–Crippen MR) is 96.8 cm³/mol. The molecule has 0 aromatic heterocycles. The van der Waals surface area contributed by atoms with Crippen LogP contribution in [0.2, 0.25) is 0 Å². The van der Waals surface area contributed by atoms with Gasteiger partial charge >= 0.3 is 0 Å². The first kappa shape index (κ1) is 19.8. The lowest BCUT2D eigenvalue weighted by Crippen LogP contribution is -2.58. The molecule has 0 radical (unpaired) electrons. The Bertz CT molecular complexity index is 1150. The van der Waals surface area contributed by atoms with Gasteiger partial charge in [0, 0.05) is 29.4 Å². The molecular weight excluding hydrogens is 404 g/mol. The normalized spacial score (nSPS) is 28.2. The number of hydrogen-bond donors (Lipinski definition) is 5. The number of nitrogens with two attached hydrogens (primary N) is 1. The van der Waals surface area contributed by atoms with E-state index in [2.05, 4.69) is 0 Å². The van der Waals surface area contributed by atoms with Crippen molar-refractivity contribution in [3.05, 3.63) is 52.3 Å². The minimum atomic E-state index is -2.81. The number of phenols is 1. The number of halogens is 2. The Morgan fingerprint density at radius 3 is 2.43 bits per heavy atom. The van der Waals surface area contributed by atoms with Crippen molar-refractivity contribution in [3.63, 3.8) is 0 Å². The molecule has 0 aliphatic heterocycles. The molecule has 1 amide bonds. The Kier molecular flexibility index (Phi) is 4.11. The molecule has 1 saturated carbocycles. The van der Waals surface area contributed by atoms with Crippen LogP contribution in [-0.2, 0) is 14.4 Å². The average molecular weight is 419 g/mol. The Morgan fingerprint density at radius 1 is 1.17 bits per heavy atom. The predicted octanol–water partition coefficient (Wildman–Crippen LogP) is 1.49. The lowest BCUT2D eigenvalue weighted by molar-refractivity contribution is -0.146. The van der Waals surface area contributed by atoms with Crippen LogP contribution in [0, 0.1) is 11.8 Å². The number of allylic oxidation sites excluding steroid dienone is 1. The van der Waals surface area contributed by atoms with E-state index in [1.54, 1.807) is 0 Å². The Morgan fingerprint density at radius 2 is 1.83 bits per heavy atom. The van der Waals surface area contributed by atoms with Gasteiger partial charge in [0.25, 0.3) is 12.0 Å². The summed E-state index contributed by atoms with van der Waals surface area (Å²) in [4.78, 5) is 37.0. The number of rotatable bonds is 1. The van der Waals surface area contributed by atoms with Gasteiger partial charge in [0.15, 0.2) is 11.4 Å². The zero-order valence-electron chi connectivity index (χ0n) is 15.1. The number of carbonyl (C=O) groups excluding carboxylic acids is 3. The summed E-state index contributed by atoms with van der Waals surface area (Å²) in [6.07, 6.45) is -3.18. The van der Waals surface area contributed by atoms with Crippen molar-refractivity contribution in [2.24, 2.45) is 17.6 Å². The number of hydrogen-bond acceptors (Lipinski definition) is 7. The summed E-state index contributed by atoms with van der Waals surface area (Å²) in [6.45, 7) is 0. The minimum Gasteiger partial charge on any atom is -0.508 e. The zero-order valence-corrected chi connectivity index (χ0v) is 15.1. The second-order valence-electron chi connectivity index (χ2n) is 7.43. The number of ketones is 2. The summed E-state index contributed by atoms with van der Waals surface area (Å²) in [5.74, 6) is -9.06. The van der Waals surface area contributed by atoms with Gasteiger partial charge in [0.2, 0.25) is 5.78 Å². The van der Waals surface area contributed by atoms with E-state index in [0.29, 0.717) is 0 Å². The van der Waals surface area contributed by atoms with Crippen molar-refractivity contribution < 1.29 is 43.6 Å². The maximum Gasteiger partial charge on any atom is 0.274 e. The van der Waals surface area contributed by atoms with E-state index in [1.807, 2.05) is 0 Å². The molecule has 1 unspecified atom stereocenters. The van der Waals surface area contributed by atoms with E-state index < -0.39 is 93.4 Å². The number of fused-ring (bicyclic) bond motifs is 3. The number of amides is 1. The van der Waals surface area contributed by atoms with Crippen molar-refractivity contribution >= 4 is 28.8 Å². The van der Waals surface area contributed by atoms with Gasteiger partial charge in [-0.15, -0.1) is 0 Å². The third-order valence-corrected chi connectivity index (χ3v) is 5.98. The van der Waals surface area contributed by atoms with Crippen LogP contribution in [0.25, 0.3) is 11.3 Å². The number of carbonyl (C=O) groups is 3. The number of benzene rings is 1. The van der Waals surface area contributed by atoms with Crippen molar-refractivity contribution in [1.82, 2.24) is 0 Å². The minimum absolute atomic E-state index is 0.195. The number of Topliss-reactive ketones (excluding diaryl/α,β-unsaturated/α-hetero) is 2. The summed E-state index contributed by atoms with van der Waals surface area (Å²) in [5.41, 5.74) is -0.597. The molecule has 156 valence electrons. The van der Waals surface area contributed by atoms with Gasteiger partial charge in [-0.25, -0.2) is 0 Å². The van der Waals surface area contributed by atoms with Crippen LogP contribution in [0.1, 0.15) is 24.0 Å². The molecule has 1 aromatic carbocycles. The Balaban J connectivity index is 2.03. The molecule has 10 heteroatoms. The number of primary amides is 1. The highest BCUT2D eigenvalue weighted by Gasteiger charge is 2.61. The molecule has 3 atom stereocenters. The first-order chi connectivity index (χ1) is 14.0. The van der Waals surface area contributed by atoms with E-state index in [9.17, 15) is 43.6 Å². The highest BCUT2D eigenvalue weighted by Crippen LogP contribution is 2.56. The Labute approximate surface area is 167 Å². The van der Waals surface area contributed by atoms with Crippen LogP contribution in [0.3, 0.4) is 0 Å². The zero-order chi connectivity index (χ0) is 22.1. The lowest BCUT2D eigenvalue weighted by atomic mass is 9.58. The van der Waals surface area contributed by atoms with Crippen molar-refractivity contribution in [3.8, 4) is 5.75 Å². The van der Waals surface area contributed by atoms with Crippen LogP contribution in [0.5, 0.6) is 5.75 Å². The second-order valence-corrected chi connectivity index (χ2v) is 7.43. The highest BCUT2D eigenvalue weighted by atomic mass is 19.3. The van der Waals surface area contributed by atoms with Crippen LogP contribution < -0.4 is 5.73 Å².